The number of thioether (sulfide) groups is 1. The summed E-state index contributed by atoms with van der Waals surface area (Å²) in [5.74, 6) is 0.975. The second-order valence-corrected chi connectivity index (χ2v) is 9.12. The van der Waals surface area contributed by atoms with Gasteiger partial charge in [0.25, 0.3) is 0 Å². The smallest absolute Gasteiger partial charge is 0.330 e. The maximum Gasteiger partial charge on any atom is 0.416 e. The molecule has 0 saturated heterocycles. The van der Waals surface area contributed by atoms with Gasteiger partial charge in [0.05, 0.1) is 5.56 Å². The lowest BCUT2D eigenvalue weighted by Gasteiger charge is -2.08. The molecule has 0 spiro atoms. The van der Waals surface area contributed by atoms with Gasteiger partial charge in [-0.3, -0.25) is 4.79 Å². The van der Waals surface area contributed by atoms with Crippen LogP contribution in [0.2, 0.25) is 0 Å². The van der Waals surface area contributed by atoms with Crippen LogP contribution in [0.4, 0.5) is 29.8 Å². The van der Waals surface area contributed by atoms with Crippen LogP contribution >= 0.6 is 23.1 Å². The second-order valence-electron chi connectivity index (χ2n) is 7.13. The SMILES string of the molecule is CC(=O)Nc1cc(CSc2ccccc2-c2nnc(Nc3ccc(C(F)(F)F)cc3)s2)ccn1. The number of anilines is 3. The molecule has 0 unspecified atom stereocenters. The van der Waals surface area contributed by atoms with Gasteiger partial charge in [-0.1, -0.05) is 29.5 Å². The molecule has 0 radical (unpaired) electrons. The van der Waals surface area contributed by atoms with E-state index in [1.54, 1.807) is 18.0 Å². The molecule has 4 aromatic rings. The van der Waals surface area contributed by atoms with E-state index in [9.17, 15) is 18.0 Å². The van der Waals surface area contributed by atoms with E-state index in [2.05, 4.69) is 25.8 Å². The van der Waals surface area contributed by atoms with Crippen LogP contribution in [0.1, 0.15) is 18.1 Å². The van der Waals surface area contributed by atoms with E-state index < -0.39 is 11.7 Å². The number of pyridine rings is 1. The molecule has 2 heterocycles. The number of alkyl halides is 3. The van der Waals surface area contributed by atoms with E-state index in [4.69, 9.17) is 0 Å². The van der Waals surface area contributed by atoms with Crippen molar-refractivity contribution in [2.75, 3.05) is 10.6 Å². The lowest BCUT2D eigenvalue weighted by molar-refractivity contribution is -0.137. The van der Waals surface area contributed by atoms with E-state index in [0.29, 0.717) is 27.4 Å². The standard InChI is InChI=1S/C23H18F3N5OS2/c1-14(32)28-20-12-15(10-11-27-20)13-33-19-5-3-2-4-18(19)21-30-31-22(34-21)29-17-8-6-16(7-9-17)23(24,25)26/h2-12H,13H2,1H3,(H,29,31)(H,27,28,32). The van der Waals surface area contributed by atoms with Gasteiger partial charge in [0.1, 0.15) is 5.82 Å². The van der Waals surface area contributed by atoms with Gasteiger partial charge in [-0.2, -0.15) is 13.2 Å². The van der Waals surface area contributed by atoms with Gasteiger partial charge in [0.15, 0.2) is 5.01 Å². The Hall–Kier alpha value is -3.44. The number of aromatic nitrogens is 3. The van der Waals surface area contributed by atoms with E-state index in [-0.39, 0.29) is 5.91 Å². The Bertz CT molecular complexity index is 1290. The first kappa shape index (κ1) is 23.7. The highest BCUT2D eigenvalue weighted by Gasteiger charge is 2.30. The van der Waals surface area contributed by atoms with Crippen LogP contribution in [0.3, 0.4) is 0 Å². The highest BCUT2D eigenvalue weighted by Crippen LogP contribution is 2.37. The van der Waals surface area contributed by atoms with E-state index in [1.807, 2.05) is 36.4 Å². The minimum absolute atomic E-state index is 0.181. The number of halogens is 3. The van der Waals surface area contributed by atoms with Crippen molar-refractivity contribution in [3.05, 3.63) is 78.0 Å². The Kier molecular flexibility index (Phi) is 7.13. The second kappa shape index (κ2) is 10.2. The molecule has 2 aromatic heterocycles. The summed E-state index contributed by atoms with van der Waals surface area (Å²) in [6.07, 6.45) is -2.73. The normalized spacial score (nSPS) is 11.3. The molecule has 0 aliphatic heterocycles. The Morgan fingerprint density at radius 3 is 2.56 bits per heavy atom. The molecule has 2 aromatic carbocycles. The molecule has 6 nitrogen and oxygen atoms in total. The lowest BCUT2D eigenvalue weighted by atomic mass is 10.2. The van der Waals surface area contributed by atoms with Gasteiger partial charge in [-0.15, -0.1) is 22.0 Å². The summed E-state index contributed by atoms with van der Waals surface area (Å²) in [5.41, 5.74) is 1.69. The zero-order valence-electron chi connectivity index (χ0n) is 17.8. The quantitative estimate of drug-likeness (QED) is 0.277. The van der Waals surface area contributed by atoms with Crippen molar-refractivity contribution in [3.8, 4) is 10.6 Å². The minimum atomic E-state index is -4.38. The fraction of sp³-hybridized carbons (Fsp3) is 0.130. The van der Waals surface area contributed by atoms with Crippen molar-refractivity contribution in [2.24, 2.45) is 0 Å². The maximum atomic E-state index is 12.8. The van der Waals surface area contributed by atoms with Crippen LogP contribution in [0.15, 0.2) is 71.8 Å². The van der Waals surface area contributed by atoms with Crippen molar-refractivity contribution in [1.82, 2.24) is 15.2 Å². The largest absolute Gasteiger partial charge is 0.416 e. The molecular formula is C23H18F3N5OS2. The van der Waals surface area contributed by atoms with Crippen molar-refractivity contribution in [1.29, 1.82) is 0 Å². The van der Waals surface area contributed by atoms with Crippen LogP contribution in [0, 0.1) is 0 Å². The van der Waals surface area contributed by atoms with E-state index in [1.165, 1.54) is 30.4 Å². The monoisotopic (exact) mass is 501 g/mol. The summed E-state index contributed by atoms with van der Waals surface area (Å²) in [6, 6.07) is 16.2. The molecule has 1 amide bonds. The summed E-state index contributed by atoms with van der Waals surface area (Å²) in [4.78, 5) is 16.4. The average molecular weight is 502 g/mol. The summed E-state index contributed by atoms with van der Waals surface area (Å²) >= 11 is 2.92. The number of carbonyl (C=O) groups is 1. The molecule has 0 aliphatic carbocycles. The molecule has 4 rings (SSSR count). The molecule has 2 N–H and O–H groups in total. The third-order valence-electron chi connectivity index (χ3n) is 4.53. The van der Waals surface area contributed by atoms with Crippen molar-refractivity contribution < 1.29 is 18.0 Å². The van der Waals surface area contributed by atoms with Crippen LogP contribution in [-0.4, -0.2) is 21.1 Å². The number of rotatable bonds is 7. The van der Waals surface area contributed by atoms with Crippen molar-refractivity contribution in [2.45, 2.75) is 23.7 Å². The van der Waals surface area contributed by atoms with Crippen LogP contribution in [-0.2, 0) is 16.7 Å². The van der Waals surface area contributed by atoms with E-state index >= 15 is 0 Å². The Morgan fingerprint density at radius 2 is 1.82 bits per heavy atom. The first-order chi connectivity index (χ1) is 16.3. The molecular weight excluding hydrogens is 483 g/mol. The summed E-state index contributed by atoms with van der Waals surface area (Å²) in [6.45, 7) is 1.43. The number of nitrogens with one attached hydrogen (secondary N) is 2. The van der Waals surface area contributed by atoms with Gasteiger partial charge < -0.3 is 10.6 Å². The van der Waals surface area contributed by atoms with Crippen LogP contribution in [0.25, 0.3) is 10.6 Å². The zero-order valence-corrected chi connectivity index (χ0v) is 19.4. The Labute approximate surface area is 201 Å². The maximum absolute atomic E-state index is 12.8. The predicted octanol–water partition coefficient (Wildman–Crippen LogP) is 6.61. The molecule has 0 atom stereocenters. The fourth-order valence-electron chi connectivity index (χ4n) is 2.99. The molecule has 0 fully saturated rings. The zero-order chi connectivity index (χ0) is 24.1. The first-order valence-corrected chi connectivity index (χ1v) is 11.8. The molecule has 0 aliphatic rings. The van der Waals surface area contributed by atoms with E-state index in [0.717, 1.165) is 28.2 Å². The van der Waals surface area contributed by atoms with Gasteiger partial charge in [0.2, 0.25) is 11.0 Å². The highest BCUT2D eigenvalue weighted by atomic mass is 32.2. The van der Waals surface area contributed by atoms with Crippen molar-refractivity contribution >= 4 is 45.6 Å². The Morgan fingerprint density at radius 1 is 1.06 bits per heavy atom. The number of benzene rings is 2. The number of hydrogen-bond donors (Lipinski definition) is 2. The summed E-state index contributed by atoms with van der Waals surface area (Å²) < 4.78 is 38.3. The number of nitrogens with zero attached hydrogens (tertiary/aromatic N) is 3. The summed E-state index contributed by atoms with van der Waals surface area (Å²) in [7, 11) is 0. The first-order valence-electron chi connectivity index (χ1n) is 10.0. The predicted molar refractivity (Wildman–Crippen MR) is 128 cm³/mol. The Balaban J connectivity index is 1.46. The van der Waals surface area contributed by atoms with Crippen LogP contribution in [0.5, 0.6) is 0 Å². The van der Waals surface area contributed by atoms with Gasteiger partial charge in [-0.05, 0) is 48.0 Å². The molecule has 0 bridgehead atoms. The summed E-state index contributed by atoms with van der Waals surface area (Å²) in [5, 5.41) is 15.2. The third kappa shape index (κ3) is 6.12. The number of hydrogen-bond acceptors (Lipinski definition) is 7. The van der Waals surface area contributed by atoms with Gasteiger partial charge >= 0.3 is 6.18 Å². The minimum Gasteiger partial charge on any atom is -0.330 e. The molecule has 34 heavy (non-hydrogen) atoms. The number of amides is 1. The topological polar surface area (TPSA) is 79.8 Å². The highest BCUT2D eigenvalue weighted by molar-refractivity contribution is 7.98. The average Bonchev–Trinajstić information content (AvgIpc) is 3.26. The molecule has 0 saturated carbocycles. The molecule has 174 valence electrons. The number of carbonyl (C=O) groups excluding carboxylic acids is 1. The fourth-order valence-corrected chi connectivity index (χ4v) is 4.86. The van der Waals surface area contributed by atoms with Crippen LogP contribution < -0.4 is 10.6 Å². The third-order valence-corrected chi connectivity index (χ3v) is 6.55. The van der Waals surface area contributed by atoms with Crippen molar-refractivity contribution in [3.63, 3.8) is 0 Å². The van der Waals surface area contributed by atoms with Gasteiger partial charge in [0, 0.05) is 35.0 Å². The lowest BCUT2D eigenvalue weighted by Crippen LogP contribution is -2.07. The molecule has 11 heteroatoms. The van der Waals surface area contributed by atoms with Gasteiger partial charge in [-0.25, -0.2) is 4.98 Å².